The molecule has 2 aromatic carbocycles. The Balaban J connectivity index is 1.28. The van der Waals surface area contributed by atoms with Crippen molar-refractivity contribution in [1.82, 2.24) is 10.2 Å². The van der Waals surface area contributed by atoms with Gasteiger partial charge in [0.25, 0.3) is 5.91 Å². The van der Waals surface area contributed by atoms with Gasteiger partial charge in [-0.3, -0.25) is 9.69 Å². The van der Waals surface area contributed by atoms with Gasteiger partial charge < -0.3 is 14.8 Å². The molecule has 1 heterocycles. The summed E-state index contributed by atoms with van der Waals surface area (Å²) in [6, 6.07) is 14.3. The molecule has 0 radical (unpaired) electrons. The van der Waals surface area contributed by atoms with Gasteiger partial charge in [-0.15, -0.1) is 0 Å². The van der Waals surface area contributed by atoms with E-state index in [1.54, 1.807) is 24.3 Å². The molecule has 0 bridgehead atoms. The van der Waals surface area contributed by atoms with E-state index in [1.807, 2.05) is 24.3 Å². The largest absolute Gasteiger partial charge is 0.492 e. The topological polar surface area (TPSA) is 50.8 Å². The molecule has 0 saturated carbocycles. The molecule has 28 heavy (non-hydrogen) atoms. The predicted molar refractivity (Wildman–Crippen MR) is 111 cm³/mol. The zero-order chi connectivity index (χ0) is 19.8. The minimum Gasteiger partial charge on any atom is -0.492 e. The van der Waals surface area contributed by atoms with Crippen molar-refractivity contribution >= 4 is 29.1 Å². The van der Waals surface area contributed by atoms with Crippen LogP contribution in [0, 0.1) is 5.92 Å². The van der Waals surface area contributed by atoms with Crippen molar-refractivity contribution in [2.24, 2.45) is 5.92 Å². The van der Waals surface area contributed by atoms with Crippen LogP contribution in [0.4, 0.5) is 0 Å². The fraction of sp³-hybridized carbons (Fsp3) is 0.381. The van der Waals surface area contributed by atoms with E-state index in [-0.39, 0.29) is 12.5 Å². The lowest BCUT2D eigenvalue weighted by Gasteiger charge is -2.17. The minimum absolute atomic E-state index is 0.00694. The first-order valence-electron chi connectivity index (χ1n) is 9.34. The van der Waals surface area contributed by atoms with Gasteiger partial charge in [-0.25, -0.2) is 0 Å². The van der Waals surface area contributed by atoms with E-state index in [0.29, 0.717) is 34.9 Å². The van der Waals surface area contributed by atoms with E-state index in [0.717, 1.165) is 31.8 Å². The van der Waals surface area contributed by atoms with Crippen LogP contribution >= 0.6 is 23.2 Å². The molecule has 1 aliphatic rings. The summed E-state index contributed by atoms with van der Waals surface area (Å²) < 4.78 is 11.2. The summed E-state index contributed by atoms with van der Waals surface area (Å²) in [5, 5.41) is 4.30. The van der Waals surface area contributed by atoms with Crippen LogP contribution in [0.5, 0.6) is 11.5 Å². The van der Waals surface area contributed by atoms with E-state index < -0.39 is 0 Å². The third-order valence-corrected chi connectivity index (χ3v) is 5.14. The van der Waals surface area contributed by atoms with Crippen LogP contribution in [0.15, 0.2) is 48.5 Å². The summed E-state index contributed by atoms with van der Waals surface area (Å²) in [5.74, 6) is 1.80. The molecule has 5 nitrogen and oxygen atoms in total. The number of halogens is 2. The van der Waals surface area contributed by atoms with Gasteiger partial charge in [0.15, 0.2) is 6.61 Å². The number of amides is 1. The number of nitrogens with zero attached hydrogens (tertiary/aromatic N) is 1. The van der Waals surface area contributed by atoms with Gasteiger partial charge in [-0.2, -0.15) is 0 Å². The number of hydrogen-bond donors (Lipinski definition) is 1. The lowest BCUT2D eigenvalue weighted by atomic mass is 10.1. The van der Waals surface area contributed by atoms with Gasteiger partial charge in [0.2, 0.25) is 0 Å². The summed E-state index contributed by atoms with van der Waals surface area (Å²) in [6.07, 6.45) is 1.07. The molecule has 0 aliphatic carbocycles. The molecule has 7 heteroatoms. The van der Waals surface area contributed by atoms with Crippen molar-refractivity contribution in [2.75, 3.05) is 39.4 Å². The molecule has 1 N–H and O–H groups in total. The standard InChI is InChI=1S/C21H24Cl2N2O3/c22-17-1-5-19(6-2-17)27-12-11-25-10-9-16(14-25)13-24-21(26)15-28-20-7-3-18(23)4-8-20/h1-8,16H,9-15H2,(H,24,26). The second-order valence-corrected chi connectivity index (χ2v) is 7.68. The lowest BCUT2D eigenvalue weighted by molar-refractivity contribution is -0.123. The first-order valence-corrected chi connectivity index (χ1v) is 10.1. The van der Waals surface area contributed by atoms with E-state index >= 15 is 0 Å². The second-order valence-electron chi connectivity index (χ2n) is 6.80. The van der Waals surface area contributed by atoms with Gasteiger partial charge in [-0.1, -0.05) is 23.2 Å². The number of likely N-dealkylation sites (tertiary alicyclic amines) is 1. The van der Waals surface area contributed by atoms with E-state index in [1.165, 1.54) is 0 Å². The highest BCUT2D eigenvalue weighted by molar-refractivity contribution is 6.30. The highest BCUT2D eigenvalue weighted by Crippen LogP contribution is 2.18. The Morgan fingerprint density at radius 2 is 1.61 bits per heavy atom. The number of ether oxygens (including phenoxy) is 2. The average Bonchev–Trinajstić information content (AvgIpc) is 3.15. The van der Waals surface area contributed by atoms with Crippen LogP contribution in [0.25, 0.3) is 0 Å². The van der Waals surface area contributed by atoms with Gasteiger partial charge >= 0.3 is 0 Å². The molecule has 3 rings (SSSR count). The van der Waals surface area contributed by atoms with Gasteiger partial charge in [0, 0.05) is 29.7 Å². The van der Waals surface area contributed by atoms with Crippen LogP contribution in [0.2, 0.25) is 10.0 Å². The Morgan fingerprint density at radius 1 is 1.00 bits per heavy atom. The summed E-state index contributed by atoms with van der Waals surface area (Å²) in [5.41, 5.74) is 0. The monoisotopic (exact) mass is 422 g/mol. The van der Waals surface area contributed by atoms with Crippen LogP contribution in [-0.4, -0.2) is 50.2 Å². The van der Waals surface area contributed by atoms with Crippen molar-refractivity contribution in [3.05, 3.63) is 58.6 Å². The maximum atomic E-state index is 12.0. The second kappa shape index (κ2) is 10.6. The molecule has 1 atom stereocenters. The van der Waals surface area contributed by atoms with Crippen LogP contribution in [0.1, 0.15) is 6.42 Å². The third-order valence-electron chi connectivity index (χ3n) is 4.63. The predicted octanol–water partition coefficient (Wildman–Crippen LogP) is 3.89. The maximum absolute atomic E-state index is 12.0. The summed E-state index contributed by atoms with van der Waals surface area (Å²) in [4.78, 5) is 14.3. The fourth-order valence-electron chi connectivity index (χ4n) is 3.09. The number of carbonyl (C=O) groups is 1. The van der Waals surface area contributed by atoms with Gasteiger partial charge in [0.05, 0.1) is 0 Å². The van der Waals surface area contributed by atoms with Crippen molar-refractivity contribution in [2.45, 2.75) is 6.42 Å². The molecule has 0 spiro atoms. The van der Waals surface area contributed by atoms with Crippen molar-refractivity contribution < 1.29 is 14.3 Å². The molecule has 150 valence electrons. The molecule has 1 aliphatic heterocycles. The Labute approximate surface area is 175 Å². The van der Waals surface area contributed by atoms with Crippen molar-refractivity contribution in [1.29, 1.82) is 0 Å². The highest BCUT2D eigenvalue weighted by Gasteiger charge is 2.22. The molecule has 1 unspecified atom stereocenters. The van der Waals surface area contributed by atoms with E-state index in [4.69, 9.17) is 32.7 Å². The summed E-state index contributed by atoms with van der Waals surface area (Å²) in [6.45, 7) is 4.15. The number of rotatable bonds is 9. The van der Waals surface area contributed by atoms with Crippen LogP contribution in [-0.2, 0) is 4.79 Å². The number of nitrogens with one attached hydrogen (secondary N) is 1. The molecule has 0 aromatic heterocycles. The quantitative estimate of drug-likeness (QED) is 0.665. The Morgan fingerprint density at radius 3 is 2.25 bits per heavy atom. The average molecular weight is 423 g/mol. The third kappa shape index (κ3) is 6.89. The summed E-state index contributed by atoms with van der Waals surface area (Å²) >= 11 is 11.7. The SMILES string of the molecule is O=C(COc1ccc(Cl)cc1)NCC1CCN(CCOc2ccc(Cl)cc2)C1. The number of carbonyl (C=O) groups excluding carboxylic acids is 1. The molecule has 1 saturated heterocycles. The van der Waals surface area contributed by atoms with Crippen molar-refractivity contribution in [3.8, 4) is 11.5 Å². The highest BCUT2D eigenvalue weighted by atomic mass is 35.5. The van der Waals surface area contributed by atoms with Gasteiger partial charge in [0.1, 0.15) is 18.1 Å². The Kier molecular flexibility index (Phi) is 7.83. The number of benzene rings is 2. The van der Waals surface area contributed by atoms with E-state index in [2.05, 4.69) is 10.2 Å². The minimum atomic E-state index is -0.112. The molecule has 1 fully saturated rings. The first kappa shape index (κ1) is 20.8. The maximum Gasteiger partial charge on any atom is 0.257 e. The van der Waals surface area contributed by atoms with Crippen LogP contribution in [0.3, 0.4) is 0 Å². The molecular formula is C21H24Cl2N2O3. The first-order chi connectivity index (χ1) is 13.6. The Bertz CT molecular complexity index is 753. The van der Waals surface area contributed by atoms with Crippen LogP contribution < -0.4 is 14.8 Å². The summed E-state index contributed by atoms with van der Waals surface area (Å²) in [7, 11) is 0. The molecule has 2 aromatic rings. The zero-order valence-corrected chi connectivity index (χ0v) is 17.1. The van der Waals surface area contributed by atoms with Crippen molar-refractivity contribution in [3.63, 3.8) is 0 Å². The van der Waals surface area contributed by atoms with E-state index in [9.17, 15) is 4.79 Å². The normalized spacial score (nSPS) is 16.7. The molecular weight excluding hydrogens is 399 g/mol. The van der Waals surface area contributed by atoms with Gasteiger partial charge in [-0.05, 0) is 67.4 Å². The lowest BCUT2D eigenvalue weighted by Crippen LogP contribution is -2.34. The fourth-order valence-corrected chi connectivity index (χ4v) is 3.35. The number of hydrogen-bond acceptors (Lipinski definition) is 4. The molecule has 1 amide bonds. The smallest absolute Gasteiger partial charge is 0.257 e. The zero-order valence-electron chi connectivity index (χ0n) is 15.6. The Hall–Kier alpha value is -1.95.